The van der Waals surface area contributed by atoms with Gasteiger partial charge >= 0.3 is 0 Å². The quantitative estimate of drug-likeness (QED) is 0.785. The number of nitrogens with zero attached hydrogens (tertiary/aromatic N) is 2. The van der Waals surface area contributed by atoms with Gasteiger partial charge in [-0.1, -0.05) is 0 Å². The van der Waals surface area contributed by atoms with Gasteiger partial charge in [0, 0.05) is 30.8 Å². The largest absolute Gasteiger partial charge is 0.550 e. The number of thioether (sulfide) groups is 1. The summed E-state index contributed by atoms with van der Waals surface area (Å²) in [6.07, 6.45) is 2.77. The van der Waals surface area contributed by atoms with Gasteiger partial charge < -0.3 is 15.2 Å². The Hall–Kier alpha value is -1.65. The molecule has 0 atom stereocenters. The van der Waals surface area contributed by atoms with Gasteiger partial charge in [0.25, 0.3) is 0 Å². The van der Waals surface area contributed by atoms with E-state index in [1.807, 2.05) is 6.07 Å². The van der Waals surface area contributed by atoms with Gasteiger partial charge in [-0.15, -0.1) is 11.8 Å². The second kappa shape index (κ2) is 8.60. The van der Waals surface area contributed by atoms with E-state index in [0.717, 1.165) is 25.0 Å². The molecule has 1 aromatic heterocycles. The van der Waals surface area contributed by atoms with Gasteiger partial charge in [0.05, 0.1) is 23.7 Å². The molecule has 1 aliphatic rings. The van der Waals surface area contributed by atoms with Gasteiger partial charge in [-0.25, -0.2) is 9.37 Å². The monoisotopic (exact) mass is 311 g/mol. The predicted octanol–water partition coefficient (Wildman–Crippen LogP) is -0.133. The molecule has 0 saturated carbocycles. The second-order valence-corrected chi connectivity index (χ2v) is 5.79. The molecule has 0 spiro atoms. The Labute approximate surface area is 127 Å². The zero-order chi connectivity index (χ0) is 15.7. The molecular formula is C14H18FN3O2S. The third-order valence-corrected chi connectivity index (χ3v) is 4.14. The van der Waals surface area contributed by atoms with Crippen LogP contribution in [0.1, 0.15) is 25.3 Å². The highest BCUT2D eigenvalue weighted by Crippen LogP contribution is 2.29. The fraction of sp³-hybridized carbons (Fsp3) is 0.500. The number of hydrogen-bond donors (Lipinski definition) is 1. The van der Waals surface area contributed by atoms with Gasteiger partial charge in [-0.3, -0.25) is 0 Å². The average Bonchev–Trinajstić information content (AvgIpc) is 2.46. The van der Waals surface area contributed by atoms with Crippen molar-refractivity contribution in [1.29, 1.82) is 5.26 Å². The number of rotatable bonds is 3. The summed E-state index contributed by atoms with van der Waals surface area (Å²) in [6.45, 7) is 2.72. The fourth-order valence-corrected chi connectivity index (χ4v) is 2.86. The summed E-state index contributed by atoms with van der Waals surface area (Å²) < 4.78 is 14.3. The van der Waals surface area contributed by atoms with Crippen molar-refractivity contribution in [2.45, 2.75) is 30.5 Å². The topological polar surface area (TPSA) is 93.4 Å². The molecule has 7 heteroatoms. The van der Waals surface area contributed by atoms with Crippen LogP contribution in [0.3, 0.4) is 0 Å². The van der Waals surface area contributed by atoms with E-state index in [1.165, 1.54) is 18.0 Å². The summed E-state index contributed by atoms with van der Waals surface area (Å²) in [5.41, 5.74) is -0.508. The van der Waals surface area contributed by atoms with Crippen LogP contribution in [0.5, 0.6) is 0 Å². The fourth-order valence-electron chi connectivity index (χ4n) is 1.87. The number of piperidine rings is 1. The molecule has 1 aromatic rings. The molecule has 21 heavy (non-hydrogen) atoms. The van der Waals surface area contributed by atoms with E-state index < -0.39 is 11.6 Å². The van der Waals surface area contributed by atoms with Gasteiger partial charge in [-0.05, 0) is 19.1 Å². The number of aliphatic carboxylic acids is 1. The number of carboxylic acid groups (broad SMARTS) is 1. The highest BCUT2D eigenvalue weighted by Gasteiger charge is 2.33. The molecule has 1 saturated heterocycles. The van der Waals surface area contributed by atoms with Crippen LogP contribution in [0.4, 0.5) is 4.39 Å². The number of carbonyl (C=O) groups excluding carboxylic acids is 1. The smallest absolute Gasteiger partial charge is 0.131 e. The summed E-state index contributed by atoms with van der Waals surface area (Å²) in [5, 5.41) is 20.5. The molecule has 0 amide bonds. The van der Waals surface area contributed by atoms with Crippen molar-refractivity contribution < 1.29 is 19.6 Å². The minimum absolute atomic E-state index is 0.458. The van der Waals surface area contributed by atoms with E-state index in [9.17, 15) is 4.39 Å². The Balaban J connectivity index is 0.000000491. The van der Waals surface area contributed by atoms with Crippen molar-refractivity contribution in [3.05, 3.63) is 23.9 Å². The lowest BCUT2D eigenvalue weighted by molar-refractivity contribution is -0.666. The van der Waals surface area contributed by atoms with Crippen LogP contribution in [0.2, 0.25) is 0 Å². The van der Waals surface area contributed by atoms with Gasteiger partial charge in [0.1, 0.15) is 11.7 Å². The van der Waals surface area contributed by atoms with E-state index in [-0.39, 0.29) is 0 Å². The Morgan fingerprint density at radius 1 is 1.57 bits per heavy atom. The van der Waals surface area contributed by atoms with Gasteiger partial charge in [0.15, 0.2) is 0 Å². The number of halogens is 1. The van der Waals surface area contributed by atoms with Crippen LogP contribution in [-0.4, -0.2) is 35.5 Å². The van der Waals surface area contributed by atoms with Crippen molar-refractivity contribution in [2.75, 3.05) is 18.8 Å². The number of nitriles is 1. The summed E-state index contributed by atoms with van der Waals surface area (Å²) in [4.78, 5) is 13.0. The number of nitrogens with two attached hydrogens (primary N) is 1. The molecule has 0 unspecified atom stereocenters. The molecule has 2 N–H and O–H groups in total. The molecule has 1 aliphatic heterocycles. The maximum atomic E-state index is 14.3. The molecule has 0 radical (unpaired) electrons. The van der Waals surface area contributed by atoms with E-state index in [2.05, 4.69) is 10.3 Å². The normalized spacial score (nSPS) is 16.2. The van der Waals surface area contributed by atoms with Crippen LogP contribution < -0.4 is 10.4 Å². The third kappa shape index (κ3) is 7.06. The van der Waals surface area contributed by atoms with Crippen molar-refractivity contribution in [3.8, 4) is 6.07 Å². The molecule has 0 aromatic carbocycles. The summed E-state index contributed by atoms with van der Waals surface area (Å²) >= 11 is 1.44. The lowest BCUT2D eigenvalue weighted by Gasteiger charge is -2.27. The number of aromatic nitrogens is 1. The zero-order valence-corrected chi connectivity index (χ0v) is 12.7. The molecule has 0 aliphatic carbocycles. The number of alkyl halides is 1. The third-order valence-electron chi connectivity index (χ3n) is 2.94. The van der Waals surface area contributed by atoms with Crippen molar-refractivity contribution in [2.24, 2.45) is 0 Å². The van der Waals surface area contributed by atoms with Crippen LogP contribution in [0, 0.1) is 11.3 Å². The predicted molar refractivity (Wildman–Crippen MR) is 75.1 cm³/mol. The first-order chi connectivity index (χ1) is 9.95. The standard InChI is InChI=1S/C12H14FN3S.C2H4O2/c13-12(3-5-15-6-4-12)9-17-11-2-1-10(7-14)8-16-11;1-2(3)4/h1-2,8,15H,3-6,9H2;1H3,(H,3,4). The van der Waals surface area contributed by atoms with E-state index >= 15 is 0 Å². The molecule has 1 fully saturated rings. The summed E-state index contributed by atoms with van der Waals surface area (Å²) in [5.74, 6) is -0.625. The van der Waals surface area contributed by atoms with E-state index in [1.54, 1.807) is 12.1 Å². The van der Waals surface area contributed by atoms with Crippen LogP contribution in [0.15, 0.2) is 23.4 Å². The minimum Gasteiger partial charge on any atom is -0.550 e. The van der Waals surface area contributed by atoms with Gasteiger partial charge in [-0.2, -0.15) is 5.26 Å². The van der Waals surface area contributed by atoms with Crippen molar-refractivity contribution >= 4 is 17.7 Å². The van der Waals surface area contributed by atoms with E-state index in [4.69, 9.17) is 15.2 Å². The maximum absolute atomic E-state index is 14.3. The number of hydrogen-bond acceptors (Lipinski definition) is 5. The Bertz CT molecular complexity index is 492. The Morgan fingerprint density at radius 2 is 2.19 bits per heavy atom. The minimum atomic E-state index is -1.08. The molecule has 114 valence electrons. The summed E-state index contributed by atoms with van der Waals surface area (Å²) in [6, 6.07) is 5.51. The SMILES string of the molecule is CC(=O)[O-].N#Cc1ccc(SCC2(F)CC[NH2+]CC2)nc1. The first kappa shape index (κ1) is 17.4. The lowest BCUT2D eigenvalue weighted by Crippen LogP contribution is -2.87. The average molecular weight is 311 g/mol. The van der Waals surface area contributed by atoms with Crippen molar-refractivity contribution in [3.63, 3.8) is 0 Å². The second-order valence-electron chi connectivity index (χ2n) is 4.79. The Kier molecular flexibility index (Phi) is 7.12. The molecule has 2 rings (SSSR count). The number of carbonyl (C=O) groups is 1. The summed E-state index contributed by atoms with van der Waals surface area (Å²) in [7, 11) is 0. The number of pyridine rings is 1. The van der Waals surface area contributed by atoms with E-state index in [0.29, 0.717) is 24.2 Å². The molecular weight excluding hydrogens is 293 g/mol. The van der Waals surface area contributed by atoms with Crippen LogP contribution in [-0.2, 0) is 4.79 Å². The van der Waals surface area contributed by atoms with Crippen LogP contribution in [0.25, 0.3) is 0 Å². The molecule has 2 heterocycles. The maximum Gasteiger partial charge on any atom is 0.131 e. The highest BCUT2D eigenvalue weighted by molar-refractivity contribution is 7.99. The van der Waals surface area contributed by atoms with Crippen LogP contribution >= 0.6 is 11.8 Å². The first-order valence-corrected chi connectivity index (χ1v) is 7.61. The highest BCUT2D eigenvalue weighted by atomic mass is 32.2. The number of carboxylic acids is 1. The van der Waals surface area contributed by atoms with Gasteiger partial charge in [0.2, 0.25) is 0 Å². The number of quaternary nitrogens is 1. The zero-order valence-electron chi connectivity index (χ0n) is 11.8. The molecule has 0 bridgehead atoms. The van der Waals surface area contributed by atoms with Crippen molar-refractivity contribution in [1.82, 2.24) is 4.98 Å². The first-order valence-electron chi connectivity index (χ1n) is 6.62. The molecule has 5 nitrogen and oxygen atoms in total. The lowest BCUT2D eigenvalue weighted by atomic mass is 9.97. The Morgan fingerprint density at radius 3 is 2.67 bits per heavy atom.